The van der Waals surface area contributed by atoms with Crippen molar-refractivity contribution in [2.45, 2.75) is 0 Å². The van der Waals surface area contributed by atoms with Crippen LogP contribution in [0.1, 0.15) is 0 Å². The van der Waals surface area contributed by atoms with Gasteiger partial charge in [0.15, 0.2) is 0 Å². The summed E-state index contributed by atoms with van der Waals surface area (Å²) >= 11 is 0. The van der Waals surface area contributed by atoms with Crippen LogP contribution in [-0.4, -0.2) is 5.96 Å². The molecule has 0 fully saturated rings. The Morgan fingerprint density at radius 2 is 1.67 bits per heavy atom. The van der Waals surface area contributed by atoms with E-state index in [-0.39, 0.29) is 5.96 Å². The van der Waals surface area contributed by atoms with Crippen molar-refractivity contribution in [2.24, 2.45) is 20.4 Å². The molecule has 5 heteroatoms. The first-order chi connectivity index (χ1) is 5.90. The molecule has 1 aromatic rings. The van der Waals surface area contributed by atoms with E-state index in [9.17, 15) is 4.91 Å². The number of guanidine groups is 1. The van der Waals surface area contributed by atoms with Crippen LogP contribution in [0.25, 0.3) is 0 Å². The van der Waals surface area contributed by atoms with Gasteiger partial charge >= 0.3 is 0 Å². The molecule has 58 valence electrons. The molecule has 1 heterocycles. The minimum Gasteiger partial charge on any atom is -0.208 e. The van der Waals surface area contributed by atoms with E-state index in [0.717, 1.165) is 10.7 Å². The number of benzene rings is 1. The van der Waals surface area contributed by atoms with Gasteiger partial charge in [-0.15, -0.1) is 4.91 Å². The predicted octanol–water partition coefficient (Wildman–Crippen LogP) is -0.0232. The summed E-state index contributed by atoms with van der Waals surface area (Å²) in [4.78, 5) is 17.6. The summed E-state index contributed by atoms with van der Waals surface area (Å²) in [6, 6.07) is 7.28. The monoisotopic (exact) mass is 160 g/mol. The maximum atomic E-state index is 9.75. The van der Waals surface area contributed by atoms with E-state index in [4.69, 9.17) is 0 Å². The quantitative estimate of drug-likeness (QED) is 0.420. The molecule has 1 aliphatic rings. The van der Waals surface area contributed by atoms with Crippen molar-refractivity contribution in [2.75, 3.05) is 0 Å². The number of hydrogen-bond donors (Lipinski definition) is 0. The van der Waals surface area contributed by atoms with E-state index >= 15 is 0 Å². The second-order valence-electron chi connectivity index (χ2n) is 2.19. The number of fused-ring (bicyclic) bond motifs is 1. The molecule has 0 atom stereocenters. The lowest BCUT2D eigenvalue weighted by Gasteiger charge is -1.75. The molecule has 0 aliphatic carbocycles. The van der Waals surface area contributed by atoms with Crippen LogP contribution in [0.15, 0.2) is 44.6 Å². The third kappa shape index (κ3) is 1.01. The van der Waals surface area contributed by atoms with Crippen LogP contribution in [0.4, 0.5) is 0 Å². The molecule has 0 amide bonds. The maximum Gasteiger partial charge on any atom is 0.273 e. The Hall–Kier alpha value is -1.91. The van der Waals surface area contributed by atoms with Gasteiger partial charge in [-0.3, -0.25) is 0 Å². The molecule has 0 saturated heterocycles. The van der Waals surface area contributed by atoms with Crippen LogP contribution in [0, 0.1) is 4.91 Å². The first kappa shape index (κ1) is 6.78. The zero-order valence-corrected chi connectivity index (χ0v) is 6.01. The van der Waals surface area contributed by atoms with Gasteiger partial charge in [0.25, 0.3) is 5.96 Å². The van der Waals surface area contributed by atoms with Crippen molar-refractivity contribution in [1.82, 2.24) is 0 Å². The highest BCUT2D eigenvalue weighted by atomic mass is 16.3. The van der Waals surface area contributed by atoms with Crippen molar-refractivity contribution in [3.8, 4) is 0 Å². The predicted molar refractivity (Wildman–Crippen MR) is 42.0 cm³/mol. The van der Waals surface area contributed by atoms with E-state index in [2.05, 4.69) is 20.4 Å². The van der Waals surface area contributed by atoms with Crippen molar-refractivity contribution in [3.63, 3.8) is 0 Å². The van der Waals surface area contributed by atoms with Gasteiger partial charge in [0.2, 0.25) is 0 Å². The largest absolute Gasteiger partial charge is 0.273 e. The number of nitroso groups, excluding NO2 is 1. The molecular formula is C7H4N4O. The zero-order valence-electron chi connectivity index (χ0n) is 6.01. The summed E-state index contributed by atoms with van der Waals surface area (Å²) in [5, 5.41) is 6.99. The topological polar surface area (TPSA) is 66.5 Å². The normalized spacial score (nSPS) is 12.8. The van der Waals surface area contributed by atoms with Crippen LogP contribution < -0.4 is 10.7 Å². The second kappa shape index (κ2) is 2.61. The Morgan fingerprint density at radius 3 is 2.17 bits per heavy atom. The molecule has 0 spiro atoms. The highest BCUT2D eigenvalue weighted by molar-refractivity contribution is 5.82. The molecule has 0 aromatic heterocycles. The van der Waals surface area contributed by atoms with E-state index in [1.165, 1.54) is 0 Å². The van der Waals surface area contributed by atoms with Crippen LogP contribution in [0.3, 0.4) is 0 Å². The van der Waals surface area contributed by atoms with Crippen molar-refractivity contribution in [1.29, 1.82) is 0 Å². The van der Waals surface area contributed by atoms with Gasteiger partial charge in [-0.2, -0.15) is 0 Å². The minimum atomic E-state index is 0.117. The van der Waals surface area contributed by atoms with E-state index in [1.807, 2.05) is 12.1 Å². The summed E-state index contributed by atoms with van der Waals surface area (Å²) in [5.41, 5.74) is 0. The lowest BCUT2D eigenvalue weighted by atomic mass is 10.3. The van der Waals surface area contributed by atoms with Gasteiger partial charge < -0.3 is 0 Å². The molecule has 12 heavy (non-hydrogen) atoms. The van der Waals surface area contributed by atoms with Crippen molar-refractivity contribution in [3.05, 3.63) is 39.9 Å². The SMILES string of the molecule is O=NN=C1N=c2ccccc2=N1. The summed E-state index contributed by atoms with van der Waals surface area (Å²) < 4.78 is 0. The Bertz CT molecular complexity index is 426. The average Bonchev–Trinajstić information content (AvgIpc) is 2.47. The smallest absolute Gasteiger partial charge is 0.208 e. The number of hydrogen-bond acceptors (Lipinski definition) is 2. The van der Waals surface area contributed by atoms with Crippen LogP contribution in [0.5, 0.6) is 0 Å². The van der Waals surface area contributed by atoms with E-state index in [1.54, 1.807) is 12.1 Å². The fraction of sp³-hybridized carbons (Fsp3) is 0. The molecular weight excluding hydrogens is 156 g/mol. The fourth-order valence-corrected chi connectivity index (χ4v) is 0.975. The molecule has 0 N–H and O–H groups in total. The first-order valence-corrected chi connectivity index (χ1v) is 3.33. The summed E-state index contributed by atoms with van der Waals surface area (Å²) in [6.07, 6.45) is 0. The summed E-state index contributed by atoms with van der Waals surface area (Å²) in [7, 11) is 0. The van der Waals surface area contributed by atoms with Crippen LogP contribution in [0.2, 0.25) is 0 Å². The number of para-hydroxylation sites is 2. The average molecular weight is 160 g/mol. The lowest BCUT2D eigenvalue weighted by Crippen LogP contribution is -2.19. The lowest BCUT2D eigenvalue weighted by molar-refractivity contribution is 1.18. The van der Waals surface area contributed by atoms with Gasteiger partial charge in [0, 0.05) is 0 Å². The van der Waals surface area contributed by atoms with E-state index in [0.29, 0.717) is 0 Å². The van der Waals surface area contributed by atoms with Crippen LogP contribution in [-0.2, 0) is 0 Å². The third-order valence-corrected chi connectivity index (χ3v) is 1.45. The molecule has 2 rings (SSSR count). The molecule has 5 nitrogen and oxygen atoms in total. The van der Waals surface area contributed by atoms with Gasteiger partial charge in [0.1, 0.15) is 0 Å². The Balaban J connectivity index is 2.68. The van der Waals surface area contributed by atoms with Gasteiger partial charge in [-0.1, -0.05) is 17.2 Å². The Morgan fingerprint density at radius 1 is 1.08 bits per heavy atom. The Kier molecular flexibility index (Phi) is 1.48. The highest BCUT2D eigenvalue weighted by Crippen LogP contribution is 1.86. The van der Waals surface area contributed by atoms with Gasteiger partial charge in [-0.25, -0.2) is 9.98 Å². The number of rotatable bonds is 1. The van der Waals surface area contributed by atoms with Crippen molar-refractivity contribution >= 4 is 5.96 Å². The van der Waals surface area contributed by atoms with E-state index < -0.39 is 0 Å². The van der Waals surface area contributed by atoms with Gasteiger partial charge in [-0.05, 0) is 12.1 Å². The summed E-state index contributed by atoms with van der Waals surface area (Å²) in [5.74, 6) is 0.117. The molecule has 0 bridgehead atoms. The first-order valence-electron chi connectivity index (χ1n) is 3.33. The standard InChI is InChI=1S/C7H4N4O/c12-11-10-7-8-5-3-1-2-4-6(5)9-7/h1-4H. The fourth-order valence-electron chi connectivity index (χ4n) is 0.975. The highest BCUT2D eigenvalue weighted by Gasteiger charge is 2.01. The molecule has 1 aromatic carbocycles. The van der Waals surface area contributed by atoms with Gasteiger partial charge in [0.05, 0.1) is 16.0 Å². The van der Waals surface area contributed by atoms with Crippen LogP contribution >= 0.6 is 0 Å². The second-order valence-corrected chi connectivity index (χ2v) is 2.19. The zero-order chi connectivity index (χ0) is 8.39. The third-order valence-electron chi connectivity index (χ3n) is 1.45. The Labute approximate surface area is 67.1 Å². The number of nitrogens with zero attached hydrogens (tertiary/aromatic N) is 4. The summed E-state index contributed by atoms with van der Waals surface area (Å²) in [6.45, 7) is 0. The molecule has 0 unspecified atom stereocenters. The molecule has 0 radical (unpaired) electrons. The molecule has 0 saturated carbocycles. The van der Waals surface area contributed by atoms with Crippen molar-refractivity contribution < 1.29 is 0 Å². The maximum absolute atomic E-state index is 9.75. The minimum absolute atomic E-state index is 0.117. The molecule has 1 aliphatic heterocycles.